The molecule has 26 heavy (non-hydrogen) atoms. The van der Waals surface area contributed by atoms with Crippen LogP contribution in [0.3, 0.4) is 0 Å². The molecule has 6 heteroatoms. The first-order valence-electron chi connectivity index (χ1n) is 8.15. The molecule has 3 aromatic rings. The van der Waals surface area contributed by atoms with E-state index in [1.54, 1.807) is 23.5 Å². The normalized spacial score (nSPS) is 10.7. The number of methoxy groups -OCH3 is 2. The molecule has 5 nitrogen and oxygen atoms in total. The molecule has 0 bridgehead atoms. The third kappa shape index (κ3) is 3.32. The average Bonchev–Trinajstić information content (AvgIpc) is 3.03. The minimum Gasteiger partial charge on any atom is -0.502 e. The van der Waals surface area contributed by atoms with Crippen LogP contribution in [-0.2, 0) is 0 Å². The maximum atomic E-state index is 10.1. The first-order valence-corrected chi connectivity index (χ1v) is 8.96. The Morgan fingerprint density at radius 1 is 0.962 bits per heavy atom. The second-order valence-electron chi connectivity index (χ2n) is 6.09. The molecule has 2 aromatic carbocycles. The van der Waals surface area contributed by atoms with Gasteiger partial charge in [-0.3, -0.25) is 0 Å². The predicted octanol–water partition coefficient (Wildman–Crippen LogP) is 4.57. The molecule has 3 rings (SSSR count). The highest BCUT2D eigenvalue weighted by Gasteiger charge is 2.16. The smallest absolute Gasteiger partial charge is 0.200 e. The molecule has 0 radical (unpaired) electrons. The van der Waals surface area contributed by atoms with E-state index in [9.17, 15) is 5.11 Å². The minimum atomic E-state index is -0.00785. The highest BCUT2D eigenvalue weighted by molar-refractivity contribution is 7.15. The molecule has 0 saturated carbocycles. The quantitative estimate of drug-likeness (QED) is 0.713. The van der Waals surface area contributed by atoms with E-state index in [1.165, 1.54) is 14.2 Å². The molecule has 0 aliphatic carbocycles. The number of aromatic nitrogens is 1. The van der Waals surface area contributed by atoms with Crippen LogP contribution in [-0.4, -0.2) is 38.4 Å². The maximum Gasteiger partial charge on any atom is 0.200 e. The van der Waals surface area contributed by atoms with Gasteiger partial charge in [0.1, 0.15) is 5.01 Å². The number of rotatable bonds is 5. The summed E-state index contributed by atoms with van der Waals surface area (Å²) in [6.07, 6.45) is 0. The zero-order chi connectivity index (χ0) is 18.8. The Bertz CT molecular complexity index is 892. The average molecular weight is 370 g/mol. The highest BCUT2D eigenvalue weighted by atomic mass is 32.1. The van der Waals surface area contributed by atoms with Gasteiger partial charge in [-0.25, -0.2) is 4.98 Å². The fourth-order valence-corrected chi connectivity index (χ4v) is 3.64. The van der Waals surface area contributed by atoms with Crippen LogP contribution in [0.25, 0.3) is 21.8 Å². The van der Waals surface area contributed by atoms with Gasteiger partial charge in [-0.2, -0.15) is 0 Å². The van der Waals surface area contributed by atoms with Gasteiger partial charge in [-0.15, -0.1) is 11.3 Å². The van der Waals surface area contributed by atoms with Crippen molar-refractivity contribution in [3.05, 3.63) is 41.3 Å². The van der Waals surface area contributed by atoms with Crippen LogP contribution in [0.1, 0.15) is 4.88 Å². The Labute approximate surface area is 157 Å². The van der Waals surface area contributed by atoms with Crippen LogP contribution in [0.4, 0.5) is 5.69 Å². The molecule has 0 saturated heterocycles. The van der Waals surface area contributed by atoms with Crippen LogP contribution in [0.15, 0.2) is 36.4 Å². The first-order chi connectivity index (χ1) is 12.4. The number of hydrogen-bond acceptors (Lipinski definition) is 6. The number of benzene rings is 2. The van der Waals surface area contributed by atoms with E-state index in [1.807, 2.05) is 14.1 Å². The van der Waals surface area contributed by atoms with Gasteiger partial charge in [-0.05, 0) is 31.2 Å². The Morgan fingerprint density at radius 3 is 2.04 bits per heavy atom. The SMILES string of the molecule is COc1cc(-c2nc(-c3ccc(N(C)C)cc3)c(C)s2)cc(OC)c1O. The van der Waals surface area contributed by atoms with Crippen molar-refractivity contribution >= 4 is 17.0 Å². The third-order valence-corrected chi connectivity index (χ3v) is 5.20. The number of phenols is 1. The standard InChI is InChI=1S/C20H22N2O3S/c1-12-18(13-6-8-15(9-7-13)22(2)3)21-20(26-12)14-10-16(24-4)19(23)17(11-14)25-5/h6-11,23H,1-5H3. The van der Waals surface area contributed by atoms with Crippen molar-refractivity contribution in [3.8, 4) is 39.1 Å². The molecule has 1 heterocycles. The molecule has 1 aromatic heterocycles. The number of aryl methyl sites for hydroxylation is 1. The topological polar surface area (TPSA) is 54.8 Å². The first kappa shape index (κ1) is 18.1. The Hall–Kier alpha value is -2.73. The highest BCUT2D eigenvalue weighted by Crippen LogP contribution is 2.42. The predicted molar refractivity (Wildman–Crippen MR) is 107 cm³/mol. The summed E-state index contributed by atoms with van der Waals surface area (Å²) in [5.74, 6) is 0.722. The van der Waals surface area contributed by atoms with E-state index in [4.69, 9.17) is 14.5 Å². The van der Waals surface area contributed by atoms with E-state index in [0.29, 0.717) is 11.5 Å². The molecule has 0 amide bonds. The van der Waals surface area contributed by atoms with E-state index in [-0.39, 0.29) is 5.75 Å². The monoisotopic (exact) mass is 370 g/mol. The van der Waals surface area contributed by atoms with Crippen molar-refractivity contribution in [1.29, 1.82) is 0 Å². The van der Waals surface area contributed by atoms with Gasteiger partial charge in [0.15, 0.2) is 11.5 Å². The van der Waals surface area contributed by atoms with Crippen LogP contribution < -0.4 is 14.4 Å². The summed E-state index contributed by atoms with van der Waals surface area (Å²) >= 11 is 1.60. The maximum absolute atomic E-state index is 10.1. The second-order valence-corrected chi connectivity index (χ2v) is 7.30. The third-order valence-electron chi connectivity index (χ3n) is 4.18. The Morgan fingerprint density at radius 2 is 1.54 bits per heavy atom. The number of nitrogens with zero attached hydrogens (tertiary/aromatic N) is 2. The lowest BCUT2D eigenvalue weighted by Gasteiger charge is -2.12. The number of anilines is 1. The van der Waals surface area contributed by atoms with E-state index in [2.05, 4.69) is 36.1 Å². The molecular weight excluding hydrogens is 348 g/mol. The molecule has 0 atom stereocenters. The van der Waals surface area contributed by atoms with Gasteiger partial charge in [0.05, 0.1) is 19.9 Å². The number of phenolic OH excluding ortho intramolecular Hbond substituents is 1. The zero-order valence-corrected chi connectivity index (χ0v) is 16.3. The number of ether oxygens (including phenoxy) is 2. The van der Waals surface area contributed by atoms with Crippen molar-refractivity contribution in [2.75, 3.05) is 33.2 Å². The van der Waals surface area contributed by atoms with Crippen molar-refractivity contribution in [2.24, 2.45) is 0 Å². The van der Waals surface area contributed by atoms with E-state index >= 15 is 0 Å². The molecule has 0 unspecified atom stereocenters. The molecular formula is C20H22N2O3S. The summed E-state index contributed by atoms with van der Waals surface area (Å²) in [6.45, 7) is 2.06. The van der Waals surface area contributed by atoms with E-state index < -0.39 is 0 Å². The summed E-state index contributed by atoms with van der Waals surface area (Å²) in [7, 11) is 7.08. The fraction of sp³-hybridized carbons (Fsp3) is 0.250. The lowest BCUT2D eigenvalue weighted by Crippen LogP contribution is -2.07. The van der Waals surface area contributed by atoms with Gasteiger partial charge in [0, 0.05) is 35.8 Å². The van der Waals surface area contributed by atoms with Crippen LogP contribution >= 0.6 is 11.3 Å². The van der Waals surface area contributed by atoms with Gasteiger partial charge in [0.2, 0.25) is 5.75 Å². The number of thiazole rings is 1. The Balaban J connectivity index is 2.03. The molecule has 0 spiro atoms. The second kappa shape index (κ2) is 7.25. The lowest BCUT2D eigenvalue weighted by molar-refractivity contribution is 0.340. The molecule has 0 aliphatic rings. The van der Waals surface area contributed by atoms with Crippen molar-refractivity contribution in [3.63, 3.8) is 0 Å². The largest absolute Gasteiger partial charge is 0.502 e. The van der Waals surface area contributed by atoms with Gasteiger partial charge >= 0.3 is 0 Å². The molecule has 0 fully saturated rings. The number of hydrogen-bond donors (Lipinski definition) is 1. The molecule has 136 valence electrons. The number of aromatic hydroxyl groups is 1. The minimum absolute atomic E-state index is 0.00785. The van der Waals surface area contributed by atoms with Gasteiger partial charge in [-0.1, -0.05) is 12.1 Å². The van der Waals surface area contributed by atoms with Gasteiger partial charge < -0.3 is 19.5 Å². The Kier molecular flexibility index (Phi) is 5.04. The summed E-state index contributed by atoms with van der Waals surface area (Å²) in [6, 6.07) is 11.9. The summed E-state index contributed by atoms with van der Waals surface area (Å²) in [5, 5.41) is 11.0. The van der Waals surface area contributed by atoms with Crippen LogP contribution in [0.5, 0.6) is 17.2 Å². The van der Waals surface area contributed by atoms with Crippen molar-refractivity contribution in [2.45, 2.75) is 6.92 Å². The summed E-state index contributed by atoms with van der Waals surface area (Å²) in [4.78, 5) is 8.01. The molecule has 1 N–H and O–H groups in total. The van der Waals surface area contributed by atoms with Crippen LogP contribution in [0, 0.1) is 6.92 Å². The van der Waals surface area contributed by atoms with Crippen molar-refractivity contribution < 1.29 is 14.6 Å². The van der Waals surface area contributed by atoms with Crippen molar-refractivity contribution in [1.82, 2.24) is 4.98 Å². The van der Waals surface area contributed by atoms with Crippen LogP contribution in [0.2, 0.25) is 0 Å². The lowest BCUT2D eigenvalue weighted by atomic mass is 10.1. The summed E-state index contributed by atoms with van der Waals surface area (Å²) < 4.78 is 10.5. The fourth-order valence-electron chi connectivity index (χ4n) is 2.72. The van der Waals surface area contributed by atoms with E-state index in [0.717, 1.165) is 32.4 Å². The molecule has 0 aliphatic heterocycles. The summed E-state index contributed by atoms with van der Waals surface area (Å²) in [5.41, 5.74) is 4.03. The zero-order valence-electron chi connectivity index (χ0n) is 15.5. The van der Waals surface area contributed by atoms with Gasteiger partial charge in [0.25, 0.3) is 0 Å².